The molecule has 10 nitrogen and oxygen atoms in total. The third kappa shape index (κ3) is 10.9. The Balaban J connectivity index is 1.73. The molecule has 10 heteroatoms. The van der Waals surface area contributed by atoms with Crippen molar-refractivity contribution < 1.29 is 39.1 Å². The molecule has 0 aromatic carbocycles. The quantitative estimate of drug-likeness (QED) is 0.127. The number of hydrogen-bond donors (Lipinski definition) is 4. The number of piperazine rings is 1. The van der Waals surface area contributed by atoms with Crippen molar-refractivity contribution in [2.24, 2.45) is 17.8 Å². The summed E-state index contributed by atoms with van der Waals surface area (Å²) in [5.74, 6) is -0.457. The molecule has 0 aromatic heterocycles. The van der Waals surface area contributed by atoms with Crippen molar-refractivity contribution in [3.8, 4) is 0 Å². The van der Waals surface area contributed by atoms with E-state index in [1.165, 1.54) is 0 Å². The molecule has 0 radical (unpaired) electrons. The van der Waals surface area contributed by atoms with E-state index in [-0.39, 0.29) is 67.4 Å². The number of aliphatic hydroxyl groups excluding tert-OH is 2. The van der Waals surface area contributed by atoms with Gasteiger partial charge < -0.3 is 39.7 Å². The van der Waals surface area contributed by atoms with Crippen LogP contribution < -0.4 is 5.32 Å². The van der Waals surface area contributed by atoms with Crippen LogP contribution in [-0.2, 0) is 19.0 Å². The van der Waals surface area contributed by atoms with Crippen molar-refractivity contribution in [1.29, 1.82) is 0 Å². The van der Waals surface area contributed by atoms with Gasteiger partial charge in [-0.05, 0) is 70.9 Å². The second-order valence-corrected chi connectivity index (χ2v) is 14.0. The fourth-order valence-electron chi connectivity index (χ4n) is 6.24. The summed E-state index contributed by atoms with van der Waals surface area (Å²) < 4.78 is 17.6. The molecule has 3 heterocycles. The van der Waals surface area contributed by atoms with Gasteiger partial charge in [0.15, 0.2) is 6.10 Å². The number of amides is 1. The molecule has 2 saturated heterocycles. The molecule has 0 bridgehead atoms. The second kappa shape index (κ2) is 16.5. The predicted molar refractivity (Wildman–Crippen MR) is 173 cm³/mol. The normalized spacial score (nSPS) is 37.3. The molecular formula is C35H58N2O8. The van der Waals surface area contributed by atoms with Crippen molar-refractivity contribution >= 4 is 12.1 Å². The van der Waals surface area contributed by atoms with Crippen LogP contribution in [0.1, 0.15) is 87.5 Å². The van der Waals surface area contributed by atoms with Gasteiger partial charge in [0.1, 0.15) is 11.7 Å². The number of rotatable bonds is 9. The summed E-state index contributed by atoms with van der Waals surface area (Å²) in [4.78, 5) is 27.8. The van der Waals surface area contributed by atoms with E-state index >= 15 is 0 Å². The summed E-state index contributed by atoms with van der Waals surface area (Å²) in [5, 5.41) is 35.5. The molecule has 3 aliphatic heterocycles. The third-order valence-corrected chi connectivity index (χ3v) is 9.57. The Morgan fingerprint density at radius 2 is 1.98 bits per heavy atom. The lowest BCUT2D eigenvalue weighted by Crippen LogP contribution is -2.57. The minimum Gasteiger partial charge on any atom is -0.457 e. The van der Waals surface area contributed by atoms with Crippen LogP contribution in [0.15, 0.2) is 36.0 Å². The first kappa shape index (κ1) is 37.2. The van der Waals surface area contributed by atoms with Gasteiger partial charge in [-0.2, -0.15) is 0 Å². The number of aliphatic hydroxyl groups is 3. The monoisotopic (exact) mass is 634 g/mol. The Morgan fingerprint density at radius 1 is 1.27 bits per heavy atom. The van der Waals surface area contributed by atoms with Crippen LogP contribution in [0.3, 0.4) is 0 Å². The van der Waals surface area contributed by atoms with Crippen LogP contribution in [0, 0.1) is 17.8 Å². The van der Waals surface area contributed by atoms with Gasteiger partial charge in [-0.25, -0.2) is 4.79 Å². The molecule has 2 fully saturated rings. The van der Waals surface area contributed by atoms with Crippen molar-refractivity contribution in [3.05, 3.63) is 36.0 Å². The van der Waals surface area contributed by atoms with Crippen LogP contribution >= 0.6 is 0 Å². The molecule has 0 aromatic rings. The molecule has 0 spiro atoms. The number of cyclic esters (lactones) is 1. The fraction of sp³-hybridized carbons (Fsp3) is 0.771. The smallest absolute Gasteiger partial charge is 0.410 e. The summed E-state index contributed by atoms with van der Waals surface area (Å²) in [6.45, 7) is 16.6. The summed E-state index contributed by atoms with van der Waals surface area (Å²) in [5.41, 5.74) is -0.644. The first-order valence-electron chi connectivity index (χ1n) is 16.8. The van der Waals surface area contributed by atoms with E-state index in [0.717, 1.165) is 12.0 Å². The van der Waals surface area contributed by atoms with E-state index in [2.05, 4.69) is 18.3 Å². The van der Waals surface area contributed by atoms with Gasteiger partial charge in [0.25, 0.3) is 0 Å². The minimum atomic E-state index is -1.46. The zero-order valence-electron chi connectivity index (χ0n) is 28.5. The van der Waals surface area contributed by atoms with Crippen molar-refractivity contribution in [3.63, 3.8) is 0 Å². The zero-order chi connectivity index (χ0) is 33.5. The van der Waals surface area contributed by atoms with Crippen molar-refractivity contribution in [2.45, 2.75) is 142 Å². The van der Waals surface area contributed by atoms with Crippen molar-refractivity contribution in [2.75, 3.05) is 13.1 Å². The standard InChI is InChI=1S/C35H58N2O8/c1-9-28(39)26(7)33-29(43-33)17-21(2)11-10-12-22(3)32-23(4)13-14-30(35(8,42)16-15-27(38)18-31(40)45-32)44-34(41)37-20-24(5)36-19-25(37)6/h10-14,21,23-30,32-33,36,38-39,42H,9,15-20H2,1-8H3. The average Bonchev–Trinajstić information content (AvgIpc) is 3.75. The summed E-state index contributed by atoms with van der Waals surface area (Å²) in [7, 11) is 0. The number of hydrogen-bond acceptors (Lipinski definition) is 9. The Hall–Kier alpha value is -2.24. The van der Waals surface area contributed by atoms with E-state index in [1.54, 1.807) is 17.9 Å². The molecule has 12 atom stereocenters. The molecule has 12 unspecified atom stereocenters. The lowest BCUT2D eigenvalue weighted by atomic mass is 9.88. The van der Waals surface area contributed by atoms with Gasteiger partial charge in [-0.1, -0.05) is 52.0 Å². The number of carbonyl (C=O) groups excluding carboxylic acids is 2. The number of nitrogens with one attached hydrogen (secondary N) is 1. The zero-order valence-corrected chi connectivity index (χ0v) is 28.5. The fourth-order valence-corrected chi connectivity index (χ4v) is 6.24. The topological polar surface area (TPSA) is 141 Å². The number of esters is 1. The first-order valence-corrected chi connectivity index (χ1v) is 16.8. The van der Waals surface area contributed by atoms with E-state index in [9.17, 15) is 24.9 Å². The number of ether oxygens (including phenoxy) is 3. The Labute approximate surface area is 269 Å². The molecule has 3 rings (SSSR count). The Morgan fingerprint density at radius 3 is 2.67 bits per heavy atom. The second-order valence-electron chi connectivity index (χ2n) is 14.0. The number of nitrogens with zero attached hydrogens (tertiary/aromatic N) is 1. The van der Waals surface area contributed by atoms with E-state index in [1.807, 2.05) is 59.8 Å². The highest BCUT2D eigenvalue weighted by Gasteiger charge is 2.45. The van der Waals surface area contributed by atoms with E-state index in [0.29, 0.717) is 19.5 Å². The van der Waals surface area contributed by atoms with Crippen LogP contribution in [0.4, 0.5) is 4.79 Å². The van der Waals surface area contributed by atoms with Gasteiger partial charge in [0.05, 0.1) is 30.8 Å². The van der Waals surface area contributed by atoms with E-state index < -0.39 is 36.0 Å². The molecular weight excluding hydrogens is 576 g/mol. The predicted octanol–water partition coefficient (Wildman–Crippen LogP) is 4.28. The summed E-state index contributed by atoms with van der Waals surface area (Å²) in [6, 6.07) is 0.0683. The first-order chi connectivity index (χ1) is 21.1. The number of epoxide rings is 1. The van der Waals surface area contributed by atoms with Gasteiger partial charge >= 0.3 is 12.1 Å². The lowest BCUT2D eigenvalue weighted by molar-refractivity contribution is -0.151. The van der Waals surface area contributed by atoms with Crippen LogP contribution in [-0.4, -0.2) is 99.7 Å². The SMILES string of the molecule is CCC(O)C(C)C1OC1CC(C)C=CC=C(C)C1OC(=O)CC(O)CCC(C)(O)C(OC(=O)N2CC(C)NCC2C)C=CC1C. The Kier molecular flexibility index (Phi) is 13.7. The van der Waals surface area contributed by atoms with E-state index in [4.69, 9.17) is 14.2 Å². The maximum atomic E-state index is 13.3. The molecule has 0 aliphatic carbocycles. The molecule has 4 N–H and O–H groups in total. The van der Waals surface area contributed by atoms with Gasteiger partial charge in [0, 0.05) is 37.0 Å². The molecule has 256 valence electrons. The summed E-state index contributed by atoms with van der Waals surface area (Å²) in [6.07, 6.45) is 7.93. The third-order valence-electron chi connectivity index (χ3n) is 9.57. The molecule has 3 aliphatic rings. The molecule has 0 saturated carbocycles. The van der Waals surface area contributed by atoms with Gasteiger partial charge in [-0.15, -0.1) is 0 Å². The average molecular weight is 635 g/mol. The maximum Gasteiger partial charge on any atom is 0.410 e. The molecule has 45 heavy (non-hydrogen) atoms. The highest BCUT2D eigenvalue weighted by atomic mass is 16.6. The minimum absolute atomic E-state index is 0.0577. The highest BCUT2D eigenvalue weighted by molar-refractivity contribution is 5.70. The Bertz CT molecular complexity index is 1070. The number of allylic oxidation sites excluding steroid dienone is 3. The van der Waals surface area contributed by atoms with Gasteiger partial charge in [-0.3, -0.25) is 4.79 Å². The number of carbonyl (C=O) groups is 2. The van der Waals surface area contributed by atoms with Crippen molar-refractivity contribution in [1.82, 2.24) is 10.2 Å². The van der Waals surface area contributed by atoms with Gasteiger partial charge in [0.2, 0.25) is 0 Å². The molecule has 1 amide bonds. The van der Waals surface area contributed by atoms with Crippen LogP contribution in [0.25, 0.3) is 0 Å². The van der Waals surface area contributed by atoms with Crippen LogP contribution in [0.2, 0.25) is 0 Å². The maximum absolute atomic E-state index is 13.3. The largest absolute Gasteiger partial charge is 0.457 e. The summed E-state index contributed by atoms with van der Waals surface area (Å²) >= 11 is 0. The van der Waals surface area contributed by atoms with Crippen LogP contribution in [0.5, 0.6) is 0 Å². The lowest BCUT2D eigenvalue weighted by Gasteiger charge is -2.39. The highest BCUT2D eigenvalue weighted by Crippen LogP contribution is 2.36.